The summed E-state index contributed by atoms with van der Waals surface area (Å²) in [5.74, 6) is -0.164. The zero-order valence-corrected chi connectivity index (χ0v) is 14.3. The normalized spacial score (nSPS) is 11.3. The van der Waals surface area contributed by atoms with Crippen LogP contribution in [0.2, 0.25) is 0 Å². The maximum atomic E-state index is 12.0. The van der Waals surface area contributed by atoms with E-state index in [1.54, 1.807) is 12.1 Å². The van der Waals surface area contributed by atoms with Crippen LogP contribution in [-0.4, -0.2) is 41.0 Å². The summed E-state index contributed by atoms with van der Waals surface area (Å²) >= 11 is 3.23. The van der Waals surface area contributed by atoms with Crippen molar-refractivity contribution in [2.45, 2.75) is 17.7 Å². The molecule has 0 bridgehead atoms. The Bertz CT molecular complexity index is 564. The number of halogens is 1. The second-order valence-electron chi connectivity index (χ2n) is 4.41. The Morgan fingerprint density at radius 1 is 1.24 bits per heavy atom. The topological polar surface area (TPSA) is 87.3 Å². The summed E-state index contributed by atoms with van der Waals surface area (Å²) < 4.78 is 27.1. The molecule has 1 amide bonds. The fraction of sp³-hybridized carbons (Fsp3) is 0.462. The molecule has 0 heterocycles. The van der Waals surface area contributed by atoms with Gasteiger partial charge in [-0.25, -0.2) is 13.1 Å². The summed E-state index contributed by atoms with van der Waals surface area (Å²) in [7, 11) is -1.73. The van der Waals surface area contributed by atoms with Gasteiger partial charge in [0.15, 0.2) is 0 Å². The number of hydrogen-bond donors (Lipinski definition) is 3. The summed E-state index contributed by atoms with van der Waals surface area (Å²) in [6.45, 7) is 1.49. The van der Waals surface area contributed by atoms with E-state index in [0.29, 0.717) is 11.0 Å². The number of rotatable bonds is 9. The van der Waals surface area contributed by atoms with E-state index < -0.39 is 10.0 Å². The molecule has 1 aromatic carbocycles. The number of amides is 1. The van der Waals surface area contributed by atoms with Gasteiger partial charge in [0.05, 0.1) is 4.90 Å². The summed E-state index contributed by atoms with van der Waals surface area (Å²) in [5.41, 5.74) is 0. The quantitative estimate of drug-likeness (QED) is 0.556. The average Bonchev–Trinajstić information content (AvgIpc) is 2.43. The first kappa shape index (κ1) is 18.1. The first-order chi connectivity index (χ1) is 9.95. The molecular weight excluding hydrogens is 358 g/mol. The zero-order valence-electron chi connectivity index (χ0n) is 11.9. The van der Waals surface area contributed by atoms with Gasteiger partial charge in [-0.05, 0) is 38.2 Å². The first-order valence-electron chi connectivity index (χ1n) is 6.62. The van der Waals surface area contributed by atoms with E-state index in [2.05, 4.69) is 31.3 Å². The molecule has 0 atom stereocenters. The molecule has 0 saturated carbocycles. The van der Waals surface area contributed by atoms with Gasteiger partial charge in [0.2, 0.25) is 15.9 Å². The van der Waals surface area contributed by atoms with Gasteiger partial charge in [-0.2, -0.15) is 0 Å². The third kappa shape index (κ3) is 7.03. The van der Waals surface area contributed by atoms with Gasteiger partial charge in [-0.3, -0.25) is 4.79 Å². The minimum absolute atomic E-state index is 0.0761. The van der Waals surface area contributed by atoms with Crippen LogP contribution in [0.25, 0.3) is 0 Å². The lowest BCUT2D eigenvalue weighted by Gasteiger charge is -2.08. The van der Waals surface area contributed by atoms with Crippen molar-refractivity contribution in [2.75, 3.05) is 26.7 Å². The number of sulfonamides is 1. The van der Waals surface area contributed by atoms with Crippen LogP contribution in [-0.2, 0) is 14.8 Å². The highest BCUT2D eigenvalue weighted by Crippen LogP contribution is 2.15. The molecule has 0 spiro atoms. The van der Waals surface area contributed by atoms with Crippen molar-refractivity contribution < 1.29 is 13.2 Å². The Morgan fingerprint density at radius 3 is 2.67 bits per heavy atom. The molecule has 0 aliphatic rings. The Labute approximate surface area is 133 Å². The maximum Gasteiger partial charge on any atom is 0.240 e. The third-order valence-electron chi connectivity index (χ3n) is 2.68. The fourth-order valence-corrected chi connectivity index (χ4v) is 3.23. The highest BCUT2D eigenvalue weighted by atomic mass is 79.9. The molecule has 6 nitrogen and oxygen atoms in total. The number of carbonyl (C=O) groups is 1. The lowest BCUT2D eigenvalue weighted by molar-refractivity contribution is -0.120. The molecule has 0 fully saturated rings. The molecule has 0 aromatic heterocycles. The maximum absolute atomic E-state index is 12.0. The summed E-state index contributed by atoms with van der Waals surface area (Å²) in [4.78, 5) is 11.7. The largest absolute Gasteiger partial charge is 0.356 e. The van der Waals surface area contributed by atoms with Crippen LogP contribution in [0.15, 0.2) is 33.6 Å². The van der Waals surface area contributed by atoms with E-state index in [4.69, 9.17) is 0 Å². The van der Waals surface area contributed by atoms with Crippen molar-refractivity contribution in [3.63, 3.8) is 0 Å². The second-order valence-corrected chi connectivity index (χ2v) is 7.09. The predicted octanol–water partition coefficient (Wildman–Crippen LogP) is 0.843. The van der Waals surface area contributed by atoms with E-state index in [9.17, 15) is 13.2 Å². The Kier molecular flexibility index (Phi) is 7.87. The van der Waals surface area contributed by atoms with E-state index in [0.717, 1.165) is 13.0 Å². The Morgan fingerprint density at radius 2 is 2.00 bits per heavy atom. The molecule has 118 valence electrons. The van der Waals surface area contributed by atoms with Crippen molar-refractivity contribution in [1.29, 1.82) is 0 Å². The average molecular weight is 378 g/mol. The van der Waals surface area contributed by atoms with Gasteiger partial charge >= 0.3 is 0 Å². The summed E-state index contributed by atoms with van der Waals surface area (Å²) in [5, 5.41) is 5.71. The molecule has 1 rings (SSSR count). The molecule has 0 aliphatic carbocycles. The molecule has 21 heavy (non-hydrogen) atoms. The highest BCUT2D eigenvalue weighted by molar-refractivity contribution is 9.10. The second kappa shape index (κ2) is 9.14. The van der Waals surface area contributed by atoms with Crippen molar-refractivity contribution in [2.24, 2.45) is 0 Å². The molecule has 0 aliphatic heterocycles. The molecule has 1 aromatic rings. The minimum Gasteiger partial charge on any atom is -0.356 e. The van der Waals surface area contributed by atoms with Crippen LogP contribution in [0, 0.1) is 0 Å². The van der Waals surface area contributed by atoms with Crippen molar-refractivity contribution in [3.8, 4) is 0 Å². The van der Waals surface area contributed by atoms with E-state index >= 15 is 0 Å². The van der Waals surface area contributed by atoms with Crippen LogP contribution < -0.4 is 15.4 Å². The molecule has 8 heteroatoms. The number of nitrogens with one attached hydrogen (secondary N) is 3. The molecule has 3 N–H and O–H groups in total. The summed E-state index contributed by atoms with van der Waals surface area (Å²) in [6, 6.07) is 6.41. The van der Waals surface area contributed by atoms with Gasteiger partial charge < -0.3 is 10.6 Å². The number of benzene rings is 1. The lowest BCUT2D eigenvalue weighted by atomic mass is 10.3. The van der Waals surface area contributed by atoms with Crippen LogP contribution >= 0.6 is 15.9 Å². The van der Waals surface area contributed by atoms with Gasteiger partial charge in [-0.15, -0.1) is 0 Å². The third-order valence-corrected chi connectivity index (χ3v) is 4.63. The van der Waals surface area contributed by atoms with Gasteiger partial charge in [0, 0.05) is 24.0 Å². The van der Waals surface area contributed by atoms with Crippen molar-refractivity contribution >= 4 is 31.9 Å². The zero-order chi connectivity index (χ0) is 15.7. The highest BCUT2D eigenvalue weighted by Gasteiger charge is 2.14. The number of hydrogen-bond acceptors (Lipinski definition) is 4. The van der Waals surface area contributed by atoms with Crippen molar-refractivity contribution in [1.82, 2.24) is 15.4 Å². The van der Waals surface area contributed by atoms with Crippen LogP contribution in [0.4, 0.5) is 0 Å². The van der Waals surface area contributed by atoms with Crippen LogP contribution in [0.3, 0.4) is 0 Å². The van der Waals surface area contributed by atoms with Crippen LogP contribution in [0.5, 0.6) is 0 Å². The molecular formula is C13H20BrN3O3S. The van der Waals surface area contributed by atoms with Crippen LogP contribution in [0.1, 0.15) is 12.8 Å². The van der Waals surface area contributed by atoms with Crippen molar-refractivity contribution in [3.05, 3.63) is 28.7 Å². The molecule has 0 saturated heterocycles. The summed E-state index contributed by atoms with van der Waals surface area (Å²) in [6.07, 6.45) is 0.957. The Hall–Kier alpha value is -0.960. The SMILES string of the molecule is CNCCCNC(=O)CCNS(=O)(=O)c1cccc(Br)c1. The van der Waals surface area contributed by atoms with E-state index in [1.807, 2.05) is 7.05 Å². The van der Waals surface area contributed by atoms with Gasteiger partial charge in [-0.1, -0.05) is 22.0 Å². The fourth-order valence-electron chi connectivity index (χ4n) is 1.60. The molecule has 0 radical (unpaired) electrons. The monoisotopic (exact) mass is 377 g/mol. The van der Waals surface area contributed by atoms with Gasteiger partial charge in [0.25, 0.3) is 0 Å². The number of carbonyl (C=O) groups excluding carboxylic acids is 1. The first-order valence-corrected chi connectivity index (χ1v) is 8.90. The smallest absolute Gasteiger partial charge is 0.240 e. The Balaban J connectivity index is 2.36. The van der Waals surface area contributed by atoms with E-state index in [-0.39, 0.29) is 23.8 Å². The van der Waals surface area contributed by atoms with Gasteiger partial charge in [0.1, 0.15) is 0 Å². The van der Waals surface area contributed by atoms with E-state index in [1.165, 1.54) is 12.1 Å². The lowest BCUT2D eigenvalue weighted by Crippen LogP contribution is -2.31. The standard InChI is InChI=1S/C13H20BrN3O3S/c1-15-7-3-8-16-13(18)6-9-17-21(19,20)12-5-2-4-11(14)10-12/h2,4-5,10,15,17H,3,6-9H2,1H3,(H,16,18). The molecule has 0 unspecified atom stereocenters. The minimum atomic E-state index is -3.58. The predicted molar refractivity (Wildman–Crippen MR) is 85.5 cm³/mol.